The van der Waals surface area contributed by atoms with Gasteiger partial charge in [0.05, 0.1) is 18.3 Å². The predicted molar refractivity (Wildman–Crippen MR) is 105 cm³/mol. The fourth-order valence-corrected chi connectivity index (χ4v) is 5.34. The predicted octanol–water partition coefficient (Wildman–Crippen LogP) is 2.43. The minimum atomic E-state index is -0.00333. The van der Waals surface area contributed by atoms with Crippen molar-refractivity contribution in [2.75, 3.05) is 26.7 Å². The van der Waals surface area contributed by atoms with Gasteiger partial charge < -0.3 is 15.0 Å². The van der Waals surface area contributed by atoms with Gasteiger partial charge in [-0.05, 0) is 52.1 Å². The van der Waals surface area contributed by atoms with E-state index in [1.807, 2.05) is 22.8 Å². The van der Waals surface area contributed by atoms with E-state index in [0.717, 1.165) is 39.0 Å². The summed E-state index contributed by atoms with van der Waals surface area (Å²) in [5.74, 6) is -0.00333. The molecular formula is C19H32ClN5O2. The summed E-state index contributed by atoms with van der Waals surface area (Å²) < 4.78 is 7.87. The topological polar surface area (TPSA) is 72.3 Å². The number of aromatic nitrogens is 3. The van der Waals surface area contributed by atoms with Gasteiger partial charge in [-0.15, -0.1) is 17.5 Å². The maximum Gasteiger partial charge on any atom is 0.276 e. The molecule has 152 valence electrons. The van der Waals surface area contributed by atoms with Gasteiger partial charge in [0.1, 0.15) is 0 Å². The lowest BCUT2D eigenvalue weighted by atomic mass is 9.60. The maximum absolute atomic E-state index is 13.0. The number of hydrogen-bond donors (Lipinski definition) is 1. The maximum atomic E-state index is 13.0. The van der Waals surface area contributed by atoms with Crippen LogP contribution in [-0.4, -0.2) is 64.7 Å². The highest BCUT2D eigenvalue weighted by atomic mass is 35.5. The molecule has 0 bridgehead atoms. The SMILES string of the molecule is CCOC1CC(N(C)C(=O)c2cn(C3CCNCC3)nn2)C12CCCC2.Cl. The number of nitrogens with zero attached hydrogens (tertiary/aromatic N) is 4. The number of hydrogen-bond acceptors (Lipinski definition) is 5. The first-order chi connectivity index (χ1) is 12.7. The molecule has 1 amide bonds. The van der Waals surface area contributed by atoms with Crippen LogP contribution in [0.5, 0.6) is 0 Å². The van der Waals surface area contributed by atoms with Crippen molar-refractivity contribution in [1.82, 2.24) is 25.2 Å². The second-order valence-electron chi connectivity index (χ2n) is 8.12. The van der Waals surface area contributed by atoms with Gasteiger partial charge in [0.2, 0.25) is 0 Å². The Morgan fingerprint density at radius 3 is 2.74 bits per heavy atom. The molecule has 3 aliphatic rings. The van der Waals surface area contributed by atoms with Gasteiger partial charge in [-0.2, -0.15) is 0 Å². The lowest BCUT2D eigenvalue weighted by Crippen LogP contribution is -2.64. The molecule has 3 fully saturated rings. The molecule has 1 N–H and O–H groups in total. The van der Waals surface area contributed by atoms with E-state index >= 15 is 0 Å². The number of halogens is 1. The molecule has 1 aromatic heterocycles. The normalized spacial score (nSPS) is 27.2. The zero-order valence-corrected chi connectivity index (χ0v) is 17.2. The third kappa shape index (κ3) is 3.61. The van der Waals surface area contributed by atoms with Crippen molar-refractivity contribution in [2.45, 2.75) is 70.1 Å². The average Bonchev–Trinajstić information content (AvgIpc) is 3.35. The molecular weight excluding hydrogens is 366 g/mol. The van der Waals surface area contributed by atoms with Crippen LogP contribution in [0, 0.1) is 5.41 Å². The third-order valence-corrected chi connectivity index (χ3v) is 6.84. The van der Waals surface area contributed by atoms with Crippen LogP contribution in [0.15, 0.2) is 6.20 Å². The lowest BCUT2D eigenvalue weighted by Gasteiger charge is -2.56. The summed E-state index contributed by atoms with van der Waals surface area (Å²) in [6.45, 7) is 4.81. The van der Waals surface area contributed by atoms with Crippen molar-refractivity contribution < 1.29 is 9.53 Å². The molecule has 1 spiro atoms. The van der Waals surface area contributed by atoms with Crippen LogP contribution in [0.1, 0.15) is 68.4 Å². The average molecular weight is 398 g/mol. The summed E-state index contributed by atoms with van der Waals surface area (Å²) in [6.07, 6.45) is 9.99. The summed E-state index contributed by atoms with van der Waals surface area (Å²) >= 11 is 0. The zero-order valence-electron chi connectivity index (χ0n) is 16.4. The molecule has 0 radical (unpaired) electrons. The van der Waals surface area contributed by atoms with Crippen LogP contribution in [0.3, 0.4) is 0 Å². The molecule has 2 aliphatic carbocycles. The third-order valence-electron chi connectivity index (χ3n) is 6.84. The quantitative estimate of drug-likeness (QED) is 0.826. The molecule has 1 aromatic rings. The van der Waals surface area contributed by atoms with Crippen molar-refractivity contribution in [3.63, 3.8) is 0 Å². The van der Waals surface area contributed by atoms with Crippen LogP contribution in [0.25, 0.3) is 0 Å². The number of nitrogens with one attached hydrogen (secondary N) is 1. The van der Waals surface area contributed by atoms with E-state index in [2.05, 4.69) is 22.6 Å². The second-order valence-corrected chi connectivity index (χ2v) is 8.12. The van der Waals surface area contributed by atoms with E-state index in [9.17, 15) is 4.79 Å². The largest absolute Gasteiger partial charge is 0.378 e. The van der Waals surface area contributed by atoms with Crippen molar-refractivity contribution in [2.24, 2.45) is 5.41 Å². The summed E-state index contributed by atoms with van der Waals surface area (Å²) in [5, 5.41) is 11.8. The molecule has 27 heavy (non-hydrogen) atoms. The number of rotatable bonds is 5. The molecule has 2 saturated carbocycles. The first-order valence-corrected chi connectivity index (χ1v) is 10.2. The number of carbonyl (C=O) groups excluding carboxylic acids is 1. The van der Waals surface area contributed by atoms with Gasteiger partial charge in [-0.25, -0.2) is 4.68 Å². The Kier molecular flexibility index (Phi) is 6.43. The number of piperidine rings is 1. The van der Waals surface area contributed by atoms with Crippen molar-refractivity contribution in [3.05, 3.63) is 11.9 Å². The monoisotopic (exact) mass is 397 g/mol. The van der Waals surface area contributed by atoms with Gasteiger partial charge in [-0.3, -0.25) is 4.79 Å². The molecule has 2 unspecified atom stereocenters. The summed E-state index contributed by atoms with van der Waals surface area (Å²) in [5.41, 5.74) is 0.630. The van der Waals surface area contributed by atoms with Crippen molar-refractivity contribution in [1.29, 1.82) is 0 Å². The Balaban J connectivity index is 0.00000210. The Morgan fingerprint density at radius 2 is 2.07 bits per heavy atom. The van der Waals surface area contributed by atoms with Gasteiger partial charge in [0.25, 0.3) is 5.91 Å². The van der Waals surface area contributed by atoms with Crippen LogP contribution >= 0.6 is 12.4 Å². The van der Waals surface area contributed by atoms with Crippen LogP contribution in [-0.2, 0) is 4.74 Å². The Hall–Kier alpha value is -1.18. The molecule has 1 saturated heterocycles. The highest BCUT2D eigenvalue weighted by Crippen LogP contribution is 2.56. The molecule has 2 heterocycles. The van der Waals surface area contributed by atoms with Gasteiger partial charge in [0.15, 0.2) is 5.69 Å². The van der Waals surface area contributed by atoms with Gasteiger partial charge in [-0.1, -0.05) is 18.1 Å². The summed E-state index contributed by atoms with van der Waals surface area (Å²) in [4.78, 5) is 15.0. The van der Waals surface area contributed by atoms with Crippen LogP contribution < -0.4 is 5.32 Å². The van der Waals surface area contributed by atoms with E-state index in [1.165, 1.54) is 25.7 Å². The zero-order chi connectivity index (χ0) is 18.1. The number of ether oxygens (including phenoxy) is 1. The number of amides is 1. The van der Waals surface area contributed by atoms with Crippen molar-refractivity contribution in [3.8, 4) is 0 Å². The molecule has 2 atom stereocenters. The fraction of sp³-hybridized carbons (Fsp3) is 0.842. The Morgan fingerprint density at radius 1 is 1.37 bits per heavy atom. The van der Waals surface area contributed by atoms with E-state index in [-0.39, 0.29) is 29.8 Å². The van der Waals surface area contributed by atoms with Gasteiger partial charge >= 0.3 is 0 Å². The molecule has 7 nitrogen and oxygen atoms in total. The first-order valence-electron chi connectivity index (χ1n) is 10.2. The van der Waals surface area contributed by atoms with E-state index in [0.29, 0.717) is 17.8 Å². The molecule has 0 aromatic carbocycles. The molecule has 1 aliphatic heterocycles. The fourth-order valence-electron chi connectivity index (χ4n) is 5.34. The van der Waals surface area contributed by atoms with Crippen LogP contribution in [0.4, 0.5) is 0 Å². The van der Waals surface area contributed by atoms with E-state index < -0.39 is 0 Å². The molecule has 4 rings (SSSR count). The van der Waals surface area contributed by atoms with Crippen molar-refractivity contribution >= 4 is 18.3 Å². The van der Waals surface area contributed by atoms with Gasteiger partial charge in [0, 0.05) is 25.1 Å². The van der Waals surface area contributed by atoms with E-state index in [4.69, 9.17) is 4.74 Å². The highest BCUT2D eigenvalue weighted by molar-refractivity contribution is 5.92. The lowest BCUT2D eigenvalue weighted by molar-refractivity contribution is -0.152. The molecule has 8 heteroatoms. The second kappa shape index (κ2) is 8.45. The first kappa shape index (κ1) is 20.6. The minimum absolute atomic E-state index is 0. The smallest absolute Gasteiger partial charge is 0.276 e. The standard InChI is InChI=1S/C19H31N5O2.ClH/c1-3-26-17-12-16(19(17)8-4-5-9-19)23(2)18(25)15-13-24(22-21-15)14-6-10-20-11-7-14;/h13-14,16-17,20H,3-12H2,1-2H3;1H. The highest BCUT2D eigenvalue weighted by Gasteiger charge is 2.59. The van der Waals surface area contributed by atoms with Crippen LogP contribution in [0.2, 0.25) is 0 Å². The minimum Gasteiger partial charge on any atom is -0.378 e. The Labute approximate surface area is 167 Å². The number of carbonyl (C=O) groups is 1. The summed E-state index contributed by atoms with van der Waals surface area (Å²) in [7, 11) is 1.93. The Bertz CT molecular complexity index is 640. The summed E-state index contributed by atoms with van der Waals surface area (Å²) in [6, 6.07) is 0.612. The van der Waals surface area contributed by atoms with E-state index in [1.54, 1.807) is 0 Å².